The molecule has 0 fully saturated rings. The molecule has 0 saturated heterocycles. The quantitative estimate of drug-likeness (QED) is 0.672. The first kappa shape index (κ1) is 10.5. The highest BCUT2D eigenvalue weighted by Crippen LogP contribution is 2.45. The molecule has 0 aliphatic rings. The van der Waals surface area contributed by atoms with Gasteiger partial charge in [-0.3, -0.25) is 0 Å². The van der Waals surface area contributed by atoms with Crippen LogP contribution in [0.1, 0.15) is 18.9 Å². The van der Waals surface area contributed by atoms with Gasteiger partial charge in [0.25, 0.3) is 0 Å². The Morgan fingerprint density at radius 3 is 2.38 bits per heavy atom. The van der Waals surface area contributed by atoms with Gasteiger partial charge in [-0.2, -0.15) is 0 Å². The maximum atomic E-state index is 12.0. The van der Waals surface area contributed by atoms with E-state index >= 15 is 0 Å². The maximum absolute atomic E-state index is 12.0. The molecule has 0 aromatic heterocycles. The van der Waals surface area contributed by atoms with Crippen LogP contribution >= 0.6 is 7.14 Å². The summed E-state index contributed by atoms with van der Waals surface area (Å²) < 4.78 is 12.0. The lowest BCUT2D eigenvalue weighted by molar-refractivity contribution is 0.577. The van der Waals surface area contributed by atoms with Crippen molar-refractivity contribution in [2.24, 2.45) is 0 Å². The zero-order valence-electron chi connectivity index (χ0n) is 8.36. The summed E-state index contributed by atoms with van der Waals surface area (Å²) in [6.07, 6.45) is 2.63. The third kappa shape index (κ3) is 3.78. The SMILES string of the molecule is CCCP(C)(=O)Cc1ccccc1. The van der Waals surface area contributed by atoms with Crippen LogP contribution in [0.25, 0.3) is 0 Å². The van der Waals surface area contributed by atoms with Gasteiger partial charge in [-0.1, -0.05) is 37.3 Å². The van der Waals surface area contributed by atoms with Crippen molar-refractivity contribution in [3.8, 4) is 0 Å². The molecule has 0 aliphatic heterocycles. The fourth-order valence-corrected chi connectivity index (χ4v) is 3.61. The molecule has 0 amide bonds. The van der Waals surface area contributed by atoms with E-state index in [2.05, 4.69) is 6.92 Å². The molecule has 72 valence electrons. The van der Waals surface area contributed by atoms with Crippen LogP contribution < -0.4 is 0 Å². The van der Waals surface area contributed by atoms with Crippen LogP contribution in [0.3, 0.4) is 0 Å². The maximum Gasteiger partial charge on any atom is 0.0890 e. The molecule has 0 heterocycles. The summed E-state index contributed by atoms with van der Waals surface area (Å²) in [5.41, 5.74) is 1.20. The summed E-state index contributed by atoms with van der Waals surface area (Å²) >= 11 is 0. The molecule has 1 rings (SSSR count). The number of rotatable bonds is 4. The molecule has 0 N–H and O–H groups in total. The lowest BCUT2D eigenvalue weighted by Gasteiger charge is -2.11. The Balaban J connectivity index is 2.64. The predicted octanol–water partition coefficient (Wildman–Crippen LogP) is 3.59. The molecular formula is C11H17OP. The summed E-state index contributed by atoms with van der Waals surface area (Å²) in [7, 11) is -1.91. The van der Waals surface area contributed by atoms with Crippen molar-refractivity contribution >= 4 is 7.14 Å². The van der Waals surface area contributed by atoms with Crippen molar-refractivity contribution in [1.29, 1.82) is 0 Å². The van der Waals surface area contributed by atoms with Crippen LogP contribution in [0.15, 0.2) is 30.3 Å². The molecule has 1 nitrogen and oxygen atoms in total. The topological polar surface area (TPSA) is 17.1 Å². The van der Waals surface area contributed by atoms with Gasteiger partial charge in [0.1, 0.15) is 0 Å². The molecule has 0 saturated carbocycles. The molecule has 1 aromatic rings. The van der Waals surface area contributed by atoms with Gasteiger partial charge in [0, 0.05) is 12.3 Å². The van der Waals surface area contributed by atoms with E-state index in [1.165, 1.54) is 5.56 Å². The zero-order chi connectivity index (χ0) is 9.73. The van der Waals surface area contributed by atoms with Crippen LogP contribution in [-0.4, -0.2) is 12.8 Å². The van der Waals surface area contributed by atoms with E-state index in [0.29, 0.717) is 0 Å². The van der Waals surface area contributed by atoms with Crippen molar-refractivity contribution in [2.45, 2.75) is 19.5 Å². The lowest BCUT2D eigenvalue weighted by atomic mass is 10.2. The summed E-state index contributed by atoms with van der Waals surface area (Å²) in [6, 6.07) is 10.1. The Kier molecular flexibility index (Phi) is 3.74. The third-order valence-corrected chi connectivity index (χ3v) is 4.48. The molecule has 0 radical (unpaired) electrons. The predicted molar refractivity (Wildman–Crippen MR) is 58.8 cm³/mol. The second-order valence-electron chi connectivity index (χ2n) is 3.66. The van der Waals surface area contributed by atoms with E-state index in [0.717, 1.165) is 18.7 Å². The van der Waals surface area contributed by atoms with Crippen LogP contribution in [0.2, 0.25) is 0 Å². The minimum absolute atomic E-state index is 0.752. The molecule has 1 unspecified atom stereocenters. The van der Waals surface area contributed by atoms with E-state index in [1.807, 2.05) is 37.0 Å². The number of hydrogen-bond donors (Lipinski definition) is 0. The average molecular weight is 196 g/mol. The molecule has 0 aliphatic carbocycles. The van der Waals surface area contributed by atoms with Gasteiger partial charge in [0.2, 0.25) is 0 Å². The standard InChI is InChI=1S/C11H17OP/c1-3-9-13(2,12)10-11-7-5-4-6-8-11/h4-8H,3,9-10H2,1-2H3. The van der Waals surface area contributed by atoms with Gasteiger partial charge in [0.05, 0.1) is 7.14 Å². The average Bonchev–Trinajstić information content (AvgIpc) is 2.04. The van der Waals surface area contributed by atoms with Gasteiger partial charge >= 0.3 is 0 Å². The third-order valence-electron chi connectivity index (χ3n) is 2.06. The molecule has 13 heavy (non-hydrogen) atoms. The molecule has 1 aromatic carbocycles. The molecular weight excluding hydrogens is 179 g/mol. The first-order valence-electron chi connectivity index (χ1n) is 4.73. The molecule has 0 spiro atoms. The van der Waals surface area contributed by atoms with Gasteiger partial charge < -0.3 is 4.57 Å². The van der Waals surface area contributed by atoms with E-state index in [9.17, 15) is 4.57 Å². The Hall–Kier alpha value is -0.550. The van der Waals surface area contributed by atoms with Crippen molar-refractivity contribution in [1.82, 2.24) is 0 Å². The van der Waals surface area contributed by atoms with Crippen molar-refractivity contribution < 1.29 is 4.57 Å². The van der Waals surface area contributed by atoms with Gasteiger partial charge in [-0.15, -0.1) is 0 Å². The highest BCUT2D eigenvalue weighted by Gasteiger charge is 2.13. The van der Waals surface area contributed by atoms with E-state index in [1.54, 1.807) is 0 Å². The fourth-order valence-electron chi connectivity index (χ4n) is 1.52. The van der Waals surface area contributed by atoms with Crippen molar-refractivity contribution in [2.75, 3.05) is 12.8 Å². The van der Waals surface area contributed by atoms with Crippen LogP contribution in [0, 0.1) is 0 Å². The summed E-state index contributed by atoms with van der Waals surface area (Å²) in [5.74, 6) is 0. The van der Waals surface area contributed by atoms with Crippen LogP contribution in [0.5, 0.6) is 0 Å². The van der Waals surface area contributed by atoms with Gasteiger partial charge in [0.15, 0.2) is 0 Å². The Morgan fingerprint density at radius 1 is 1.23 bits per heavy atom. The van der Waals surface area contributed by atoms with Gasteiger partial charge in [-0.05, 0) is 18.6 Å². The van der Waals surface area contributed by atoms with Crippen molar-refractivity contribution in [3.63, 3.8) is 0 Å². The van der Waals surface area contributed by atoms with E-state index in [4.69, 9.17) is 0 Å². The minimum atomic E-state index is -1.91. The monoisotopic (exact) mass is 196 g/mol. The zero-order valence-corrected chi connectivity index (χ0v) is 9.26. The van der Waals surface area contributed by atoms with Crippen molar-refractivity contribution in [3.05, 3.63) is 35.9 Å². The second-order valence-corrected chi connectivity index (χ2v) is 7.02. The highest BCUT2D eigenvalue weighted by molar-refractivity contribution is 7.62. The second kappa shape index (κ2) is 4.62. The molecule has 0 bridgehead atoms. The first-order valence-corrected chi connectivity index (χ1v) is 7.26. The lowest BCUT2D eigenvalue weighted by Crippen LogP contribution is -1.91. The largest absolute Gasteiger partial charge is 0.323 e. The minimum Gasteiger partial charge on any atom is -0.323 e. The Bertz CT molecular complexity index is 292. The smallest absolute Gasteiger partial charge is 0.0890 e. The molecule has 2 heteroatoms. The summed E-state index contributed by atoms with van der Waals surface area (Å²) in [5, 5.41) is 0. The highest BCUT2D eigenvalue weighted by atomic mass is 31.2. The summed E-state index contributed by atoms with van der Waals surface area (Å²) in [6.45, 7) is 3.99. The van der Waals surface area contributed by atoms with E-state index in [-0.39, 0.29) is 0 Å². The van der Waals surface area contributed by atoms with Crippen LogP contribution in [-0.2, 0) is 10.7 Å². The number of hydrogen-bond acceptors (Lipinski definition) is 1. The van der Waals surface area contributed by atoms with Crippen LogP contribution in [0.4, 0.5) is 0 Å². The first-order chi connectivity index (χ1) is 6.14. The molecule has 1 atom stereocenters. The Labute approximate surface area is 80.5 Å². The van der Waals surface area contributed by atoms with E-state index < -0.39 is 7.14 Å². The summed E-state index contributed by atoms with van der Waals surface area (Å²) in [4.78, 5) is 0. The normalized spacial score (nSPS) is 15.2. The number of benzene rings is 1. The Morgan fingerprint density at radius 2 is 1.85 bits per heavy atom. The van der Waals surface area contributed by atoms with Gasteiger partial charge in [-0.25, -0.2) is 0 Å². The fraction of sp³-hybridized carbons (Fsp3) is 0.455.